The van der Waals surface area contributed by atoms with Crippen molar-refractivity contribution < 1.29 is 14.0 Å². The second-order valence-corrected chi connectivity index (χ2v) is 5.10. The molecule has 2 amide bonds. The van der Waals surface area contributed by atoms with Crippen molar-refractivity contribution in [2.45, 2.75) is 6.42 Å². The lowest BCUT2D eigenvalue weighted by molar-refractivity contribution is -0.117. The average Bonchev–Trinajstić information content (AvgIpc) is 2.73. The average molecular weight is 278 g/mol. The van der Waals surface area contributed by atoms with Crippen molar-refractivity contribution in [1.29, 1.82) is 0 Å². The first-order chi connectivity index (χ1) is 8.97. The van der Waals surface area contributed by atoms with E-state index in [4.69, 9.17) is 11.5 Å². The predicted molar refractivity (Wildman–Crippen MR) is 71.1 cm³/mol. The maximum absolute atomic E-state index is 12.9. The highest BCUT2D eigenvalue weighted by molar-refractivity contribution is 7.16. The fourth-order valence-corrected chi connectivity index (χ4v) is 2.86. The largest absolute Gasteiger partial charge is 0.369 e. The number of rotatable bonds is 4. The van der Waals surface area contributed by atoms with Crippen LogP contribution in [0.1, 0.15) is 15.2 Å². The van der Waals surface area contributed by atoms with Crippen LogP contribution >= 0.6 is 11.3 Å². The van der Waals surface area contributed by atoms with Crippen LogP contribution in [-0.2, 0) is 11.2 Å². The van der Waals surface area contributed by atoms with Crippen LogP contribution in [0.4, 0.5) is 4.39 Å². The summed E-state index contributed by atoms with van der Waals surface area (Å²) in [5, 5.41) is 0. The van der Waals surface area contributed by atoms with Gasteiger partial charge in [0, 0.05) is 9.75 Å². The van der Waals surface area contributed by atoms with Crippen LogP contribution in [-0.4, -0.2) is 11.8 Å². The molecular weight excluding hydrogens is 267 g/mol. The Morgan fingerprint density at radius 2 is 1.79 bits per heavy atom. The van der Waals surface area contributed by atoms with E-state index in [2.05, 4.69) is 0 Å². The van der Waals surface area contributed by atoms with Gasteiger partial charge in [0.25, 0.3) is 0 Å². The van der Waals surface area contributed by atoms with Gasteiger partial charge in [0.1, 0.15) is 5.82 Å². The fraction of sp³-hybridized carbons (Fsp3) is 0.0769. The number of primary amides is 2. The minimum Gasteiger partial charge on any atom is -0.369 e. The molecule has 1 aromatic heterocycles. The Morgan fingerprint density at radius 3 is 2.32 bits per heavy atom. The van der Waals surface area contributed by atoms with Gasteiger partial charge in [-0.25, -0.2) is 4.39 Å². The number of thiophene rings is 1. The van der Waals surface area contributed by atoms with Crippen molar-refractivity contribution in [1.82, 2.24) is 0 Å². The van der Waals surface area contributed by atoms with Crippen molar-refractivity contribution in [3.05, 3.63) is 46.6 Å². The summed E-state index contributed by atoms with van der Waals surface area (Å²) in [5.74, 6) is -1.48. The summed E-state index contributed by atoms with van der Waals surface area (Å²) in [6.07, 6.45) is -0.0376. The number of carbonyl (C=O) groups excluding carboxylic acids is 2. The molecule has 0 aliphatic rings. The predicted octanol–water partition coefficient (Wildman–Crippen LogP) is 1.68. The molecule has 1 aromatic carbocycles. The number of halogens is 1. The third-order valence-corrected chi connectivity index (χ3v) is 3.72. The highest BCUT2D eigenvalue weighted by Crippen LogP contribution is 2.31. The monoisotopic (exact) mass is 278 g/mol. The Labute approximate surface area is 112 Å². The zero-order valence-corrected chi connectivity index (χ0v) is 10.7. The Kier molecular flexibility index (Phi) is 3.62. The highest BCUT2D eigenvalue weighted by Gasteiger charge is 2.16. The van der Waals surface area contributed by atoms with Gasteiger partial charge >= 0.3 is 0 Å². The van der Waals surface area contributed by atoms with E-state index in [-0.39, 0.29) is 17.8 Å². The Morgan fingerprint density at radius 1 is 1.16 bits per heavy atom. The second-order valence-electron chi connectivity index (χ2n) is 3.96. The van der Waals surface area contributed by atoms with Crippen molar-refractivity contribution >= 4 is 23.2 Å². The lowest BCUT2D eigenvalue weighted by Crippen LogP contribution is -2.17. The quantitative estimate of drug-likeness (QED) is 0.891. The summed E-state index contributed by atoms with van der Waals surface area (Å²) in [6, 6.07) is 7.44. The normalized spacial score (nSPS) is 10.4. The van der Waals surface area contributed by atoms with E-state index in [0.29, 0.717) is 4.88 Å². The molecule has 2 rings (SSSR count). The molecule has 0 fully saturated rings. The van der Waals surface area contributed by atoms with Gasteiger partial charge in [0.05, 0.1) is 12.0 Å². The number of nitrogens with two attached hydrogens (primary N) is 2. The molecule has 0 saturated heterocycles. The van der Waals surface area contributed by atoms with Crippen LogP contribution in [0.15, 0.2) is 30.3 Å². The second kappa shape index (κ2) is 5.19. The van der Waals surface area contributed by atoms with Crippen molar-refractivity contribution in [2.24, 2.45) is 11.5 Å². The number of benzene rings is 1. The first-order valence-corrected chi connectivity index (χ1v) is 6.26. The molecule has 0 aliphatic carbocycles. The number of hydrogen-bond donors (Lipinski definition) is 2. The molecule has 0 radical (unpaired) electrons. The maximum atomic E-state index is 12.9. The lowest BCUT2D eigenvalue weighted by atomic mass is 10.1. The molecule has 1 heterocycles. The van der Waals surface area contributed by atoms with Crippen LogP contribution in [0.25, 0.3) is 10.4 Å². The molecule has 2 aromatic rings. The summed E-state index contributed by atoms with van der Waals surface area (Å²) in [5.41, 5.74) is 11.4. The summed E-state index contributed by atoms with van der Waals surface area (Å²) < 4.78 is 12.9. The lowest BCUT2D eigenvalue weighted by Gasteiger charge is -1.96. The first kappa shape index (κ1) is 13.2. The van der Waals surface area contributed by atoms with Crippen LogP contribution in [0.2, 0.25) is 0 Å². The zero-order valence-electron chi connectivity index (χ0n) is 9.85. The van der Waals surface area contributed by atoms with E-state index in [1.807, 2.05) is 0 Å². The smallest absolute Gasteiger partial charge is 0.249 e. The third kappa shape index (κ3) is 2.97. The summed E-state index contributed by atoms with van der Waals surface area (Å²) >= 11 is 1.25. The van der Waals surface area contributed by atoms with Crippen LogP contribution < -0.4 is 11.5 Å². The first-order valence-electron chi connectivity index (χ1n) is 5.44. The van der Waals surface area contributed by atoms with Gasteiger partial charge in [-0.1, -0.05) is 12.1 Å². The minimum atomic E-state index is -0.610. The molecule has 4 N–H and O–H groups in total. The fourth-order valence-electron chi connectivity index (χ4n) is 1.68. The minimum absolute atomic E-state index is 0.0376. The Hall–Kier alpha value is -2.21. The Bertz CT molecular complexity index is 635. The van der Waals surface area contributed by atoms with Gasteiger partial charge in [-0.3, -0.25) is 9.59 Å². The van der Waals surface area contributed by atoms with E-state index in [0.717, 1.165) is 10.4 Å². The highest BCUT2D eigenvalue weighted by atomic mass is 32.1. The molecule has 98 valence electrons. The number of amides is 2. The molecule has 0 aliphatic heterocycles. The molecule has 19 heavy (non-hydrogen) atoms. The van der Waals surface area contributed by atoms with Gasteiger partial charge < -0.3 is 11.5 Å². The van der Waals surface area contributed by atoms with Crippen molar-refractivity contribution in [2.75, 3.05) is 0 Å². The van der Waals surface area contributed by atoms with Gasteiger partial charge in [-0.15, -0.1) is 11.3 Å². The van der Waals surface area contributed by atoms with E-state index < -0.39 is 11.8 Å². The molecule has 4 nitrogen and oxygen atoms in total. The van der Waals surface area contributed by atoms with Crippen molar-refractivity contribution in [3.63, 3.8) is 0 Å². The van der Waals surface area contributed by atoms with Crippen molar-refractivity contribution in [3.8, 4) is 10.4 Å². The SMILES string of the molecule is NC(=O)Cc1sc(-c2ccc(F)cc2)cc1C(N)=O. The van der Waals surface area contributed by atoms with Gasteiger partial charge in [0.15, 0.2) is 0 Å². The number of hydrogen-bond acceptors (Lipinski definition) is 3. The molecule has 0 saturated carbocycles. The molecule has 0 atom stereocenters. The molecule has 0 spiro atoms. The molecule has 6 heteroatoms. The van der Waals surface area contributed by atoms with Crippen LogP contribution in [0.5, 0.6) is 0 Å². The zero-order chi connectivity index (χ0) is 14.0. The van der Waals surface area contributed by atoms with Gasteiger partial charge in [-0.2, -0.15) is 0 Å². The summed E-state index contributed by atoms with van der Waals surface area (Å²) in [7, 11) is 0. The van der Waals surface area contributed by atoms with Crippen LogP contribution in [0, 0.1) is 5.82 Å². The third-order valence-electron chi connectivity index (χ3n) is 2.54. The molecular formula is C13H11FN2O2S. The van der Waals surface area contributed by atoms with Crippen LogP contribution in [0.3, 0.4) is 0 Å². The van der Waals surface area contributed by atoms with E-state index >= 15 is 0 Å². The van der Waals surface area contributed by atoms with Gasteiger partial charge in [-0.05, 0) is 23.8 Å². The number of carbonyl (C=O) groups is 2. The summed E-state index contributed by atoms with van der Waals surface area (Å²) in [6.45, 7) is 0. The van der Waals surface area contributed by atoms with E-state index in [1.165, 1.54) is 23.5 Å². The molecule has 0 bridgehead atoms. The summed E-state index contributed by atoms with van der Waals surface area (Å²) in [4.78, 5) is 23.5. The van der Waals surface area contributed by atoms with E-state index in [1.54, 1.807) is 18.2 Å². The maximum Gasteiger partial charge on any atom is 0.249 e. The van der Waals surface area contributed by atoms with Gasteiger partial charge in [0.2, 0.25) is 11.8 Å². The molecule has 0 unspecified atom stereocenters. The topological polar surface area (TPSA) is 86.2 Å². The van der Waals surface area contributed by atoms with E-state index in [9.17, 15) is 14.0 Å². The Balaban J connectivity index is 2.45. The standard InChI is InChI=1S/C13H11FN2O2S/c14-8-3-1-7(2-4-8)10-5-9(13(16)18)11(19-10)6-12(15)17/h1-5H,6H2,(H2,15,17)(H2,16,18).